The van der Waals surface area contributed by atoms with Crippen LogP contribution in [0.15, 0.2) is 18.2 Å². The number of phenols is 1. The molecule has 1 aromatic rings. The molecule has 0 spiro atoms. The highest BCUT2D eigenvalue weighted by Crippen LogP contribution is 2.59. The Labute approximate surface area is 147 Å². The van der Waals surface area contributed by atoms with Gasteiger partial charge in [0.1, 0.15) is 5.75 Å². The van der Waals surface area contributed by atoms with Crippen molar-refractivity contribution < 1.29 is 24.5 Å². The first-order valence-corrected chi connectivity index (χ1v) is 10.3. The molecule has 0 bridgehead atoms. The second-order valence-electron chi connectivity index (χ2n) is 6.83. The number of rotatable bonds is 7. The van der Waals surface area contributed by atoms with E-state index in [9.17, 15) is 24.5 Å². The second kappa shape index (κ2) is 7.87. The minimum atomic E-state index is -3.81. The Morgan fingerprint density at radius 3 is 2.72 bits per heavy atom. The lowest BCUT2D eigenvalue weighted by Gasteiger charge is -2.43. The predicted octanol–water partition coefficient (Wildman–Crippen LogP) is 1.74. The normalized spacial score (nSPS) is 27.3. The highest BCUT2D eigenvalue weighted by molar-refractivity contribution is 7.61. The largest absolute Gasteiger partial charge is 0.508 e. The molecule has 7 nitrogen and oxygen atoms in total. The Balaban J connectivity index is 2.23. The van der Waals surface area contributed by atoms with Gasteiger partial charge in [0.2, 0.25) is 7.37 Å². The number of benzene rings is 1. The fourth-order valence-corrected chi connectivity index (χ4v) is 5.63. The van der Waals surface area contributed by atoms with Crippen LogP contribution in [0.2, 0.25) is 0 Å². The molecule has 25 heavy (non-hydrogen) atoms. The zero-order chi connectivity index (χ0) is 18.7. The molecule has 140 valence electrons. The summed E-state index contributed by atoms with van der Waals surface area (Å²) in [5.74, 6) is -1.02. The number of hydrogen-bond donors (Lipinski definition) is 4. The number of nitrogens with two attached hydrogens (primary N) is 1. The van der Waals surface area contributed by atoms with E-state index in [-0.39, 0.29) is 24.9 Å². The fraction of sp³-hybridized carbons (Fsp3) is 0.588. The van der Waals surface area contributed by atoms with Gasteiger partial charge in [-0.1, -0.05) is 12.5 Å². The second-order valence-corrected chi connectivity index (χ2v) is 9.54. The smallest absolute Gasteiger partial charge is 0.320 e. The van der Waals surface area contributed by atoms with Crippen molar-refractivity contribution in [2.45, 2.75) is 37.9 Å². The molecule has 1 fully saturated rings. The SMILES string of the molecule is Cc1cc(O)ccc1CN1CCP(=O)(O)C(CCCCN)(C(=O)O)C1. The van der Waals surface area contributed by atoms with Crippen molar-refractivity contribution in [1.29, 1.82) is 0 Å². The minimum absolute atomic E-state index is 0.0287. The van der Waals surface area contributed by atoms with Gasteiger partial charge in [-0.2, -0.15) is 0 Å². The molecule has 2 unspecified atom stereocenters. The van der Waals surface area contributed by atoms with Gasteiger partial charge in [0.05, 0.1) is 0 Å². The summed E-state index contributed by atoms with van der Waals surface area (Å²) in [6.07, 6.45) is 1.27. The lowest BCUT2D eigenvalue weighted by molar-refractivity contribution is -0.141. The average Bonchev–Trinajstić information content (AvgIpc) is 2.53. The lowest BCUT2D eigenvalue weighted by atomic mass is 9.99. The van der Waals surface area contributed by atoms with Gasteiger partial charge in [-0.3, -0.25) is 14.3 Å². The summed E-state index contributed by atoms with van der Waals surface area (Å²) in [5, 5.41) is 17.7. The summed E-state index contributed by atoms with van der Waals surface area (Å²) in [6.45, 7) is 3.21. The number of unbranched alkanes of at least 4 members (excludes halogenated alkanes) is 1. The van der Waals surface area contributed by atoms with E-state index in [0.717, 1.165) is 11.1 Å². The number of carbonyl (C=O) groups is 1. The first kappa shape index (κ1) is 19.9. The van der Waals surface area contributed by atoms with Gasteiger partial charge < -0.3 is 20.8 Å². The van der Waals surface area contributed by atoms with E-state index in [1.165, 1.54) is 0 Å². The first-order valence-electron chi connectivity index (χ1n) is 8.48. The zero-order valence-corrected chi connectivity index (χ0v) is 15.4. The van der Waals surface area contributed by atoms with E-state index in [1.54, 1.807) is 18.2 Å². The summed E-state index contributed by atoms with van der Waals surface area (Å²) in [6, 6.07) is 5.05. The minimum Gasteiger partial charge on any atom is -0.508 e. The maximum Gasteiger partial charge on any atom is 0.320 e. The van der Waals surface area contributed by atoms with E-state index < -0.39 is 18.5 Å². The summed E-state index contributed by atoms with van der Waals surface area (Å²) in [5.41, 5.74) is 7.35. The van der Waals surface area contributed by atoms with Crippen molar-refractivity contribution in [3.05, 3.63) is 29.3 Å². The molecule has 1 aliphatic rings. The van der Waals surface area contributed by atoms with Crippen LogP contribution in [0.3, 0.4) is 0 Å². The summed E-state index contributed by atoms with van der Waals surface area (Å²) >= 11 is 0. The van der Waals surface area contributed by atoms with Gasteiger partial charge in [0.15, 0.2) is 5.16 Å². The molecule has 8 heteroatoms. The van der Waals surface area contributed by atoms with Crippen molar-refractivity contribution in [1.82, 2.24) is 4.90 Å². The molecule has 0 amide bonds. The van der Waals surface area contributed by atoms with Gasteiger partial charge in [-0.15, -0.1) is 0 Å². The Kier molecular flexibility index (Phi) is 6.27. The Bertz CT molecular complexity index is 681. The molecule has 5 N–H and O–H groups in total. The molecule has 1 saturated heterocycles. The van der Waals surface area contributed by atoms with Crippen LogP contribution in [0.1, 0.15) is 30.4 Å². The van der Waals surface area contributed by atoms with Gasteiger partial charge in [0, 0.05) is 25.8 Å². The molecule has 1 aliphatic heterocycles. The van der Waals surface area contributed by atoms with E-state index >= 15 is 0 Å². The number of aryl methyl sites for hydroxylation is 1. The Hall–Kier alpha value is -1.40. The maximum atomic E-state index is 12.7. The number of aliphatic carboxylic acids is 1. The third kappa shape index (κ3) is 4.23. The number of carboxylic acid groups (broad SMARTS) is 1. The van der Waals surface area contributed by atoms with Gasteiger partial charge >= 0.3 is 5.97 Å². The van der Waals surface area contributed by atoms with E-state index in [1.807, 2.05) is 11.8 Å². The predicted molar refractivity (Wildman–Crippen MR) is 96.1 cm³/mol. The molecule has 0 aromatic heterocycles. The van der Waals surface area contributed by atoms with Crippen LogP contribution in [0, 0.1) is 6.92 Å². The van der Waals surface area contributed by atoms with Gasteiger partial charge in [-0.05, 0) is 49.6 Å². The van der Waals surface area contributed by atoms with Crippen LogP contribution in [0.5, 0.6) is 5.75 Å². The Morgan fingerprint density at radius 2 is 2.12 bits per heavy atom. The van der Waals surface area contributed by atoms with Crippen LogP contribution < -0.4 is 5.73 Å². The van der Waals surface area contributed by atoms with Crippen molar-refractivity contribution in [3.63, 3.8) is 0 Å². The van der Waals surface area contributed by atoms with Gasteiger partial charge in [-0.25, -0.2) is 0 Å². The third-order valence-electron chi connectivity index (χ3n) is 5.04. The zero-order valence-electron chi connectivity index (χ0n) is 14.5. The quantitative estimate of drug-likeness (QED) is 0.426. The number of phenolic OH excluding ortho intramolecular Hbond substituents is 1. The number of aromatic hydroxyl groups is 1. The van der Waals surface area contributed by atoms with Crippen molar-refractivity contribution in [3.8, 4) is 5.75 Å². The van der Waals surface area contributed by atoms with Crippen molar-refractivity contribution >= 4 is 13.3 Å². The molecular formula is C17H27N2O5P. The summed E-state index contributed by atoms with van der Waals surface area (Å²) < 4.78 is 12.7. The highest BCUT2D eigenvalue weighted by Gasteiger charge is 2.56. The molecule has 2 rings (SSSR count). The molecular weight excluding hydrogens is 343 g/mol. The molecule has 0 aliphatic carbocycles. The van der Waals surface area contributed by atoms with Crippen LogP contribution in [-0.2, 0) is 15.9 Å². The molecule has 1 heterocycles. The molecule has 1 aromatic carbocycles. The van der Waals surface area contributed by atoms with Crippen LogP contribution in [0.25, 0.3) is 0 Å². The average molecular weight is 370 g/mol. The third-order valence-corrected chi connectivity index (χ3v) is 7.74. The van der Waals surface area contributed by atoms with Crippen molar-refractivity contribution in [2.24, 2.45) is 5.73 Å². The van der Waals surface area contributed by atoms with Crippen LogP contribution in [-0.4, -0.2) is 56.9 Å². The number of hydrogen-bond acceptors (Lipinski definition) is 5. The fourth-order valence-electron chi connectivity index (χ4n) is 3.42. The highest BCUT2D eigenvalue weighted by atomic mass is 31.2. The van der Waals surface area contributed by atoms with E-state index in [0.29, 0.717) is 32.5 Å². The monoisotopic (exact) mass is 370 g/mol. The van der Waals surface area contributed by atoms with Gasteiger partial charge in [0.25, 0.3) is 0 Å². The van der Waals surface area contributed by atoms with Crippen LogP contribution in [0.4, 0.5) is 0 Å². The van der Waals surface area contributed by atoms with E-state index in [4.69, 9.17) is 5.73 Å². The molecule has 2 atom stereocenters. The first-order chi connectivity index (χ1) is 11.7. The van der Waals surface area contributed by atoms with Crippen LogP contribution >= 0.6 is 7.37 Å². The number of carboxylic acids is 1. The van der Waals surface area contributed by atoms with Crippen molar-refractivity contribution in [2.75, 3.05) is 25.8 Å². The molecule has 0 radical (unpaired) electrons. The standard InChI is InChI=1S/C17H27N2O5P/c1-13-10-15(20)5-4-14(13)11-19-8-9-25(23,24)17(12-19,16(21)22)6-2-3-7-18/h4-5,10,20H,2-3,6-9,11-12,18H2,1H3,(H,21,22)(H,23,24). The maximum absolute atomic E-state index is 12.7. The summed E-state index contributed by atoms with van der Waals surface area (Å²) in [4.78, 5) is 24.3. The topological polar surface area (TPSA) is 124 Å². The summed E-state index contributed by atoms with van der Waals surface area (Å²) in [7, 11) is -3.81. The Morgan fingerprint density at radius 1 is 1.40 bits per heavy atom. The van der Waals surface area contributed by atoms with E-state index in [2.05, 4.69) is 0 Å². The lowest BCUT2D eigenvalue weighted by Crippen LogP contribution is -2.53. The molecule has 0 saturated carbocycles. The number of nitrogens with zero attached hydrogens (tertiary/aromatic N) is 1.